The number of rotatable bonds is 6. The van der Waals surface area contributed by atoms with Gasteiger partial charge in [0.2, 0.25) is 0 Å². The molecule has 2 heterocycles. The first-order valence-corrected chi connectivity index (χ1v) is 7.90. The second-order valence-corrected chi connectivity index (χ2v) is 6.46. The van der Waals surface area contributed by atoms with E-state index in [9.17, 15) is 0 Å². The zero-order chi connectivity index (χ0) is 12.1. The number of nitrogens with one attached hydrogen (secondary N) is 1. The van der Waals surface area contributed by atoms with Crippen LogP contribution in [0.1, 0.15) is 15.6 Å². The lowest BCUT2D eigenvalue weighted by atomic mass is 10.4. The summed E-state index contributed by atoms with van der Waals surface area (Å²) in [6.45, 7) is 2.38. The number of halogens is 1. The zero-order valence-electron chi connectivity index (χ0n) is 9.28. The van der Waals surface area contributed by atoms with Gasteiger partial charge in [-0.1, -0.05) is 0 Å². The largest absolute Gasteiger partial charge is 0.330 e. The minimum Gasteiger partial charge on any atom is -0.330 e. The molecule has 0 spiro atoms. The van der Waals surface area contributed by atoms with Crippen LogP contribution in [0.25, 0.3) is 0 Å². The minimum atomic E-state index is 0.670. The van der Waals surface area contributed by atoms with Crippen LogP contribution in [0.2, 0.25) is 0 Å². The van der Waals surface area contributed by atoms with E-state index in [0.717, 1.165) is 34.7 Å². The fourth-order valence-electron chi connectivity index (χ4n) is 1.43. The summed E-state index contributed by atoms with van der Waals surface area (Å²) < 4.78 is 1.15. The molecular weight excluding hydrogens is 318 g/mol. The Labute approximate surface area is 117 Å². The predicted octanol–water partition coefficient (Wildman–Crippen LogP) is 2.76. The van der Waals surface area contributed by atoms with Gasteiger partial charge < -0.3 is 11.1 Å². The van der Waals surface area contributed by atoms with Gasteiger partial charge in [-0.05, 0) is 28.5 Å². The maximum absolute atomic E-state index is 5.50. The first-order valence-electron chi connectivity index (χ1n) is 5.35. The molecule has 2 aromatic rings. The van der Waals surface area contributed by atoms with Gasteiger partial charge in [0, 0.05) is 39.6 Å². The molecule has 0 aliphatic rings. The van der Waals surface area contributed by atoms with E-state index in [1.54, 1.807) is 22.7 Å². The molecule has 3 nitrogen and oxygen atoms in total. The van der Waals surface area contributed by atoms with Gasteiger partial charge in [0.05, 0.1) is 10.7 Å². The van der Waals surface area contributed by atoms with E-state index in [4.69, 9.17) is 5.73 Å². The quantitative estimate of drug-likeness (QED) is 0.855. The summed E-state index contributed by atoms with van der Waals surface area (Å²) in [5.74, 6) is 0. The Balaban J connectivity index is 1.77. The lowest BCUT2D eigenvalue weighted by Gasteiger charge is -1.99. The van der Waals surface area contributed by atoms with Crippen molar-refractivity contribution >= 4 is 38.6 Å². The van der Waals surface area contributed by atoms with Crippen LogP contribution in [0.15, 0.2) is 21.3 Å². The second kappa shape index (κ2) is 6.61. The maximum Gasteiger partial charge on any atom is 0.0941 e. The van der Waals surface area contributed by atoms with Gasteiger partial charge in [-0.3, -0.25) is 0 Å². The van der Waals surface area contributed by atoms with E-state index in [2.05, 4.69) is 43.1 Å². The summed E-state index contributed by atoms with van der Waals surface area (Å²) in [4.78, 5) is 5.83. The first kappa shape index (κ1) is 13.2. The van der Waals surface area contributed by atoms with Crippen LogP contribution in [0.5, 0.6) is 0 Å². The number of thiazole rings is 1. The Hall–Kier alpha value is -0.270. The van der Waals surface area contributed by atoms with E-state index in [0.29, 0.717) is 6.54 Å². The molecule has 3 N–H and O–H groups in total. The molecule has 92 valence electrons. The van der Waals surface area contributed by atoms with Crippen molar-refractivity contribution in [2.24, 2.45) is 5.73 Å². The predicted molar refractivity (Wildman–Crippen MR) is 77.4 cm³/mol. The van der Waals surface area contributed by atoms with Gasteiger partial charge >= 0.3 is 0 Å². The molecule has 0 aliphatic heterocycles. The molecule has 2 rings (SSSR count). The van der Waals surface area contributed by atoms with Gasteiger partial charge in [-0.2, -0.15) is 0 Å². The molecule has 0 unspecified atom stereocenters. The van der Waals surface area contributed by atoms with E-state index in [1.165, 1.54) is 4.88 Å². The lowest BCUT2D eigenvalue weighted by Crippen LogP contribution is -2.12. The topological polar surface area (TPSA) is 50.9 Å². The van der Waals surface area contributed by atoms with Crippen molar-refractivity contribution in [1.29, 1.82) is 0 Å². The number of aromatic nitrogens is 1. The molecular formula is C11H14BrN3S2. The van der Waals surface area contributed by atoms with Crippen LogP contribution in [0, 0.1) is 0 Å². The molecule has 0 saturated carbocycles. The number of thiophene rings is 1. The highest BCUT2D eigenvalue weighted by Crippen LogP contribution is 2.19. The third-order valence-electron chi connectivity index (χ3n) is 2.18. The molecule has 2 aromatic heterocycles. The number of nitrogens with two attached hydrogens (primary N) is 1. The van der Waals surface area contributed by atoms with Gasteiger partial charge in [-0.15, -0.1) is 22.7 Å². The van der Waals surface area contributed by atoms with Crippen molar-refractivity contribution in [3.63, 3.8) is 0 Å². The van der Waals surface area contributed by atoms with Crippen LogP contribution in [-0.4, -0.2) is 11.5 Å². The maximum atomic E-state index is 5.50. The van der Waals surface area contributed by atoms with Crippen LogP contribution in [0.4, 0.5) is 0 Å². The van der Waals surface area contributed by atoms with Gasteiger partial charge in [0.15, 0.2) is 0 Å². The van der Waals surface area contributed by atoms with Crippen molar-refractivity contribution in [3.05, 3.63) is 36.9 Å². The van der Waals surface area contributed by atoms with Crippen molar-refractivity contribution in [2.75, 3.05) is 6.54 Å². The second-order valence-electron chi connectivity index (χ2n) is 3.61. The zero-order valence-corrected chi connectivity index (χ0v) is 12.5. The molecule has 0 atom stereocenters. The monoisotopic (exact) mass is 331 g/mol. The average Bonchev–Trinajstić information content (AvgIpc) is 2.89. The molecule has 0 aliphatic carbocycles. The van der Waals surface area contributed by atoms with Crippen LogP contribution in [-0.2, 0) is 19.5 Å². The van der Waals surface area contributed by atoms with E-state index < -0.39 is 0 Å². The lowest BCUT2D eigenvalue weighted by molar-refractivity contribution is 0.687. The van der Waals surface area contributed by atoms with Crippen molar-refractivity contribution in [1.82, 2.24) is 10.3 Å². The Morgan fingerprint density at radius 2 is 2.18 bits per heavy atom. The summed E-state index contributed by atoms with van der Waals surface area (Å²) in [6, 6.07) is 2.14. The van der Waals surface area contributed by atoms with Gasteiger partial charge in [0.1, 0.15) is 0 Å². The highest BCUT2D eigenvalue weighted by atomic mass is 79.9. The highest BCUT2D eigenvalue weighted by molar-refractivity contribution is 9.10. The Morgan fingerprint density at radius 3 is 2.88 bits per heavy atom. The minimum absolute atomic E-state index is 0.670. The van der Waals surface area contributed by atoms with Crippen LogP contribution in [0.3, 0.4) is 0 Å². The third kappa shape index (κ3) is 4.15. The molecule has 17 heavy (non-hydrogen) atoms. The van der Waals surface area contributed by atoms with Gasteiger partial charge in [-0.25, -0.2) is 4.98 Å². The normalized spacial score (nSPS) is 10.9. The third-order valence-corrected chi connectivity index (χ3v) is 4.84. The number of hydrogen-bond donors (Lipinski definition) is 2. The molecule has 0 aromatic carbocycles. The fourth-order valence-corrected chi connectivity index (χ4v) is 3.66. The van der Waals surface area contributed by atoms with E-state index >= 15 is 0 Å². The van der Waals surface area contributed by atoms with Crippen molar-refractivity contribution in [2.45, 2.75) is 19.5 Å². The Kier molecular flexibility index (Phi) is 5.12. The average molecular weight is 332 g/mol. The van der Waals surface area contributed by atoms with Gasteiger partial charge in [0.25, 0.3) is 0 Å². The number of hydrogen-bond acceptors (Lipinski definition) is 5. The molecule has 0 amide bonds. The Bertz CT molecular complexity index is 467. The molecule has 0 fully saturated rings. The summed E-state index contributed by atoms with van der Waals surface area (Å²) in [5, 5.41) is 8.71. The molecule has 6 heteroatoms. The van der Waals surface area contributed by atoms with Crippen molar-refractivity contribution < 1.29 is 0 Å². The van der Waals surface area contributed by atoms with Crippen molar-refractivity contribution in [3.8, 4) is 0 Å². The van der Waals surface area contributed by atoms with Crippen LogP contribution >= 0.6 is 38.6 Å². The fraction of sp³-hybridized carbons (Fsp3) is 0.364. The summed E-state index contributed by atoms with van der Waals surface area (Å²) >= 11 is 6.89. The molecule has 0 bridgehead atoms. The number of nitrogens with zero attached hydrogens (tertiary/aromatic N) is 1. The summed E-state index contributed by atoms with van der Waals surface area (Å²) in [7, 11) is 0. The van der Waals surface area contributed by atoms with E-state index in [-0.39, 0.29) is 0 Å². The SMILES string of the molecule is NCCc1nc(CNCc2cc(Br)cs2)cs1. The van der Waals surface area contributed by atoms with E-state index in [1.807, 2.05) is 0 Å². The van der Waals surface area contributed by atoms with Crippen LogP contribution < -0.4 is 11.1 Å². The summed E-state index contributed by atoms with van der Waals surface area (Å²) in [5.41, 5.74) is 6.60. The highest BCUT2D eigenvalue weighted by Gasteiger charge is 2.02. The first-order chi connectivity index (χ1) is 8.28. The smallest absolute Gasteiger partial charge is 0.0941 e. The Morgan fingerprint density at radius 1 is 1.29 bits per heavy atom. The molecule has 0 saturated heterocycles. The molecule has 0 radical (unpaired) electrons. The standard InChI is InChI=1S/C11H14BrN3S2/c12-8-3-10(16-6-8)5-14-4-9-7-17-11(15-9)1-2-13/h3,6-7,14H,1-2,4-5,13H2. The summed E-state index contributed by atoms with van der Waals surface area (Å²) in [6.07, 6.45) is 0.878.